The number of rotatable bonds is 2. The van der Waals surface area contributed by atoms with Gasteiger partial charge < -0.3 is 9.72 Å². The van der Waals surface area contributed by atoms with Crippen LogP contribution >= 0.6 is 11.6 Å². The zero-order valence-electron chi connectivity index (χ0n) is 15.6. The van der Waals surface area contributed by atoms with Crippen LogP contribution in [-0.2, 0) is 0 Å². The number of imidazole rings is 2. The molecule has 0 bridgehead atoms. The van der Waals surface area contributed by atoms with E-state index in [9.17, 15) is 4.79 Å². The third kappa shape index (κ3) is 2.47. The molecule has 0 fully saturated rings. The predicted molar refractivity (Wildman–Crippen MR) is 112 cm³/mol. The minimum Gasteiger partial charge on any atom is -0.492 e. The molecule has 30 heavy (non-hydrogen) atoms. The molecule has 0 radical (unpaired) electrons. The smallest absolute Gasteiger partial charge is 0.328 e. The second-order valence-electron chi connectivity index (χ2n) is 7.12. The lowest BCUT2D eigenvalue weighted by atomic mass is 10.0. The van der Waals surface area contributed by atoms with Crippen molar-refractivity contribution in [3.8, 4) is 11.7 Å². The van der Waals surface area contributed by atoms with Gasteiger partial charge in [-0.25, -0.2) is 14.8 Å². The molecule has 1 N–H and O–H groups in total. The van der Waals surface area contributed by atoms with Crippen molar-refractivity contribution < 1.29 is 4.74 Å². The van der Waals surface area contributed by atoms with Gasteiger partial charge in [0.1, 0.15) is 17.6 Å². The number of ether oxygens (including phenoxy) is 1. The van der Waals surface area contributed by atoms with Crippen LogP contribution in [0.2, 0.25) is 5.02 Å². The second-order valence-corrected chi connectivity index (χ2v) is 7.53. The third-order valence-corrected chi connectivity index (χ3v) is 5.72. The molecular formula is C21H15ClN6O2. The lowest BCUT2D eigenvalue weighted by Crippen LogP contribution is -2.28. The van der Waals surface area contributed by atoms with Crippen molar-refractivity contribution in [3.05, 3.63) is 76.1 Å². The van der Waals surface area contributed by atoms with Crippen molar-refractivity contribution in [2.24, 2.45) is 0 Å². The minimum atomic E-state index is -0.246. The van der Waals surface area contributed by atoms with Crippen LogP contribution in [0.4, 0.5) is 0 Å². The van der Waals surface area contributed by atoms with Crippen LogP contribution in [0, 0.1) is 0 Å². The molecule has 0 aliphatic carbocycles. The number of para-hydroxylation sites is 3. The molecule has 5 aromatic rings. The third-order valence-electron chi connectivity index (χ3n) is 5.42. The minimum absolute atomic E-state index is 0.240. The van der Waals surface area contributed by atoms with Gasteiger partial charge in [0.15, 0.2) is 5.65 Å². The van der Waals surface area contributed by atoms with Crippen molar-refractivity contribution in [2.45, 2.75) is 12.5 Å². The lowest BCUT2D eigenvalue weighted by molar-refractivity contribution is 0.256. The maximum Gasteiger partial charge on any atom is 0.328 e. The first-order valence-electron chi connectivity index (χ1n) is 9.51. The van der Waals surface area contributed by atoms with Gasteiger partial charge in [-0.15, -0.1) is 0 Å². The van der Waals surface area contributed by atoms with Crippen molar-refractivity contribution in [1.82, 2.24) is 29.1 Å². The van der Waals surface area contributed by atoms with Crippen LogP contribution in [0.1, 0.15) is 18.0 Å². The molecule has 0 unspecified atom stereocenters. The number of nitrogens with zero attached hydrogens (tertiary/aromatic N) is 5. The van der Waals surface area contributed by atoms with Crippen LogP contribution in [0.25, 0.3) is 28.1 Å². The van der Waals surface area contributed by atoms with Gasteiger partial charge in [-0.3, -0.25) is 9.13 Å². The molecule has 6 rings (SSSR count). The van der Waals surface area contributed by atoms with Crippen molar-refractivity contribution >= 4 is 33.8 Å². The summed E-state index contributed by atoms with van der Waals surface area (Å²) < 4.78 is 9.24. The van der Waals surface area contributed by atoms with Gasteiger partial charge in [0, 0.05) is 12.0 Å². The number of aromatic nitrogens is 6. The molecule has 8 nitrogen and oxygen atoms in total. The quantitative estimate of drug-likeness (QED) is 0.474. The normalized spacial score (nSPS) is 16.0. The van der Waals surface area contributed by atoms with Crippen LogP contribution in [0.5, 0.6) is 5.75 Å². The molecular weight excluding hydrogens is 404 g/mol. The summed E-state index contributed by atoms with van der Waals surface area (Å²) in [7, 11) is 0. The predicted octanol–water partition coefficient (Wildman–Crippen LogP) is 3.48. The van der Waals surface area contributed by atoms with Crippen molar-refractivity contribution in [3.63, 3.8) is 0 Å². The molecule has 1 aliphatic rings. The highest BCUT2D eigenvalue weighted by Crippen LogP contribution is 2.39. The summed E-state index contributed by atoms with van der Waals surface area (Å²) in [4.78, 5) is 29.3. The largest absolute Gasteiger partial charge is 0.492 e. The molecule has 2 aromatic carbocycles. The lowest BCUT2D eigenvalue weighted by Gasteiger charge is -2.27. The van der Waals surface area contributed by atoms with E-state index in [-0.39, 0.29) is 11.7 Å². The summed E-state index contributed by atoms with van der Waals surface area (Å²) in [6.45, 7) is 0.463. The topological polar surface area (TPSA) is 90.6 Å². The van der Waals surface area contributed by atoms with Gasteiger partial charge in [-0.1, -0.05) is 35.9 Å². The first kappa shape index (κ1) is 17.2. The first-order chi connectivity index (χ1) is 14.7. The zero-order valence-corrected chi connectivity index (χ0v) is 16.4. The Morgan fingerprint density at radius 1 is 1.13 bits per heavy atom. The van der Waals surface area contributed by atoms with Crippen molar-refractivity contribution in [2.75, 3.05) is 6.61 Å². The summed E-state index contributed by atoms with van der Waals surface area (Å²) in [5.41, 5.74) is 3.46. The van der Waals surface area contributed by atoms with Crippen LogP contribution in [0.3, 0.4) is 0 Å². The molecule has 0 amide bonds. The fraction of sp³-hybridized carbons (Fsp3) is 0.143. The van der Waals surface area contributed by atoms with Crippen LogP contribution in [0.15, 0.2) is 59.8 Å². The fourth-order valence-corrected chi connectivity index (χ4v) is 4.30. The van der Waals surface area contributed by atoms with E-state index in [1.54, 1.807) is 23.2 Å². The molecule has 0 saturated carbocycles. The standard InChI is InChI=1S/C21H15ClN6O2/c22-13-5-3-4-12-16(8-9-30-18(12)13)28-19-15(25-21(28)29)10-23-20(26-19)27-11-24-14-6-1-2-7-17(14)27/h1-7,10-11,16H,8-9H2,(H,25,29)/t16-/m1/s1. The number of hydrogen-bond donors (Lipinski definition) is 1. The number of fused-ring (bicyclic) bond motifs is 3. The molecule has 1 aliphatic heterocycles. The van der Waals surface area contributed by atoms with E-state index in [0.29, 0.717) is 40.9 Å². The molecule has 148 valence electrons. The fourth-order valence-electron chi connectivity index (χ4n) is 4.07. The summed E-state index contributed by atoms with van der Waals surface area (Å²) >= 11 is 6.32. The van der Waals surface area contributed by atoms with E-state index in [1.165, 1.54) is 0 Å². The van der Waals surface area contributed by atoms with Crippen LogP contribution in [-0.4, -0.2) is 35.7 Å². The molecule has 0 saturated heterocycles. The van der Waals surface area contributed by atoms with Gasteiger partial charge in [-0.2, -0.15) is 4.98 Å². The number of H-pyrrole nitrogens is 1. The maximum absolute atomic E-state index is 12.9. The van der Waals surface area contributed by atoms with Crippen molar-refractivity contribution in [1.29, 1.82) is 0 Å². The Morgan fingerprint density at radius 3 is 2.97 bits per heavy atom. The highest BCUT2D eigenvalue weighted by atomic mass is 35.5. The number of benzene rings is 2. The van der Waals surface area contributed by atoms with E-state index in [2.05, 4.69) is 15.0 Å². The molecule has 9 heteroatoms. The average molecular weight is 419 g/mol. The number of aromatic amines is 1. The summed E-state index contributed by atoms with van der Waals surface area (Å²) in [6, 6.07) is 13.1. The van der Waals surface area contributed by atoms with E-state index in [1.807, 2.05) is 41.0 Å². The summed E-state index contributed by atoms with van der Waals surface area (Å²) in [5, 5.41) is 0.533. The average Bonchev–Trinajstić information content (AvgIpc) is 3.33. The Labute approximate surface area is 174 Å². The van der Waals surface area contributed by atoms with Crippen LogP contribution < -0.4 is 10.4 Å². The summed E-state index contributed by atoms with van der Waals surface area (Å²) in [5.74, 6) is 1.06. The Hall–Kier alpha value is -3.65. The van der Waals surface area contributed by atoms with Gasteiger partial charge in [-0.05, 0) is 18.2 Å². The van der Waals surface area contributed by atoms with Gasteiger partial charge >= 0.3 is 5.69 Å². The Bertz CT molecular complexity index is 1480. The van der Waals surface area contributed by atoms with Gasteiger partial charge in [0.05, 0.1) is 34.9 Å². The highest BCUT2D eigenvalue weighted by molar-refractivity contribution is 6.32. The molecule has 3 aromatic heterocycles. The Balaban J connectivity index is 1.57. The maximum atomic E-state index is 12.9. The summed E-state index contributed by atoms with van der Waals surface area (Å²) in [6.07, 6.45) is 3.94. The van der Waals surface area contributed by atoms with E-state index >= 15 is 0 Å². The number of hydrogen-bond acceptors (Lipinski definition) is 5. The number of halogens is 1. The molecule has 1 atom stereocenters. The second kappa shape index (κ2) is 6.43. The van der Waals surface area contributed by atoms with Gasteiger partial charge in [0.25, 0.3) is 0 Å². The molecule has 0 spiro atoms. The highest BCUT2D eigenvalue weighted by Gasteiger charge is 2.28. The Morgan fingerprint density at radius 2 is 2.03 bits per heavy atom. The van der Waals surface area contributed by atoms with E-state index in [0.717, 1.165) is 16.6 Å². The van der Waals surface area contributed by atoms with E-state index in [4.69, 9.17) is 21.3 Å². The van der Waals surface area contributed by atoms with E-state index < -0.39 is 0 Å². The van der Waals surface area contributed by atoms with Gasteiger partial charge in [0.2, 0.25) is 5.95 Å². The number of nitrogens with one attached hydrogen (secondary N) is 1. The monoisotopic (exact) mass is 418 g/mol. The SMILES string of the molecule is O=c1[nH]c2cnc(-n3cnc4ccccc43)nc2n1[C@@H]1CCOc2c(Cl)cccc21. The molecule has 4 heterocycles. The first-order valence-corrected chi connectivity index (χ1v) is 9.89. The Kier molecular flexibility index (Phi) is 3.69. The zero-order chi connectivity index (χ0) is 20.2.